The Morgan fingerprint density at radius 3 is 2.59 bits per heavy atom. The lowest BCUT2D eigenvalue weighted by Gasteiger charge is -2.30. The summed E-state index contributed by atoms with van der Waals surface area (Å²) in [5.41, 5.74) is -0.527. The molecule has 0 saturated carbocycles. The molecule has 0 aromatic rings. The molecule has 98 valence electrons. The molecule has 2 unspecified atom stereocenters. The SMILES string of the molecule is CC(C1COC(=O)N1)N(C)C(=O)OC(C)(C)C. The number of likely N-dealkylation sites (N-methyl/N-ethyl adjacent to an activating group) is 1. The summed E-state index contributed by atoms with van der Waals surface area (Å²) < 4.78 is 10.0. The third-order valence-electron chi connectivity index (χ3n) is 2.57. The number of carbonyl (C=O) groups is 2. The lowest BCUT2D eigenvalue weighted by Crippen LogP contribution is -2.49. The maximum atomic E-state index is 11.8. The highest BCUT2D eigenvalue weighted by Crippen LogP contribution is 2.13. The number of hydrogen-bond donors (Lipinski definition) is 1. The van der Waals surface area contributed by atoms with Gasteiger partial charge in [0.2, 0.25) is 0 Å². The van der Waals surface area contributed by atoms with Crippen LogP contribution in [0, 0.1) is 0 Å². The number of amides is 2. The number of carbonyl (C=O) groups excluding carboxylic acids is 2. The largest absolute Gasteiger partial charge is 0.447 e. The summed E-state index contributed by atoms with van der Waals surface area (Å²) in [4.78, 5) is 24.2. The minimum atomic E-state index is -0.527. The van der Waals surface area contributed by atoms with Crippen molar-refractivity contribution >= 4 is 12.2 Å². The second kappa shape index (κ2) is 4.81. The molecule has 6 heteroatoms. The van der Waals surface area contributed by atoms with Gasteiger partial charge in [-0.1, -0.05) is 0 Å². The molecule has 1 N–H and O–H groups in total. The summed E-state index contributed by atoms with van der Waals surface area (Å²) in [7, 11) is 1.64. The highest BCUT2D eigenvalue weighted by atomic mass is 16.6. The maximum absolute atomic E-state index is 11.8. The molecule has 0 aliphatic carbocycles. The van der Waals surface area contributed by atoms with E-state index in [0.717, 1.165) is 0 Å². The topological polar surface area (TPSA) is 67.9 Å². The van der Waals surface area contributed by atoms with Gasteiger partial charge in [-0.25, -0.2) is 9.59 Å². The van der Waals surface area contributed by atoms with Crippen molar-refractivity contribution in [2.75, 3.05) is 13.7 Å². The number of cyclic esters (lactones) is 1. The molecule has 2 amide bonds. The van der Waals surface area contributed by atoms with Crippen LogP contribution in [0.1, 0.15) is 27.7 Å². The fourth-order valence-electron chi connectivity index (χ4n) is 1.43. The van der Waals surface area contributed by atoms with Gasteiger partial charge in [-0.15, -0.1) is 0 Å². The number of hydrogen-bond acceptors (Lipinski definition) is 4. The van der Waals surface area contributed by atoms with E-state index < -0.39 is 17.8 Å². The van der Waals surface area contributed by atoms with Gasteiger partial charge in [0, 0.05) is 7.05 Å². The Labute approximate surface area is 101 Å². The van der Waals surface area contributed by atoms with Crippen molar-refractivity contribution < 1.29 is 19.1 Å². The van der Waals surface area contributed by atoms with Crippen LogP contribution in [0.4, 0.5) is 9.59 Å². The lowest BCUT2D eigenvalue weighted by atomic mass is 10.1. The van der Waals surface area contributed by atoms with Gasteiger partial charge < -0.3 is 19.7 Å². The van der Waals surface area contributed by atoms with Gasteiger partial charge in [-0.2, -0.15) is 0 Å². The van der Waals surface area contributed by atoms with Crippen LogP contribution < -0.4 is 5.32 Å². The molecular weight excluding hydrogens is 224 g/mol. The summed E-state index contributed by atoms with van der Waals surface area (Å²) in [6.45, 7) is 7.54. The molecule has 1 aliphatic rings. The number of nitrogens with zero attached hydrogens (tertiary/aromatic N) is 1. The van der Waals surface area contributed by atoms with E-state index in [9.17, 15) is 9.59 Å². The van der Waals surface area contributed by atoms with Gasteiger partial charge in [0.05, 0.1) is 12.1 Å². The first kappa shape index (κ1) is 13.6. The van der Waals surface area contributed by atoms with Gasteiger partial charge in [0.1, 0.15) is 12.2 Å². The Kier molecular flexibility index (Phi) is 3.85. The van der Waals surface area contributed by atoms with Crippen molar-refractivity contribution in [2.24, 2.45) is 0 Å². The highest BCUT2D eigenvalue weighted by Gasteiger charge is 2.33. The fourth-order valence-corrected chi connectivity index (χ4v) is 1.43. The number of alkyl carbamates (subject to hydrolysis) is 1. The van der Waals surface area contributed by atoms with E-state index in [1.165, 1.54) is 4.90 Å². The minimum Gasteiger partial charge on any atom is -0.447 e. The van der Waals surface area contributed by atoms with Crippen LogP contribution in [0.3, 0.4) is 0 Å². The molecule has 0 aromatic carbocycles. The lowest BCUT2D eigenvalue weighted by molar-refractivity contribution is 0.0206. The summed E-state index contributed by atoms with van der Waals surface area (Å²) in [5, 5.41) is 2.64. The van der Waals surface area contributed by atoms with Gasteiger partial charge in [-0.3, -0.25) is 0 Å². The fraction of sp³-hybridized carbons (Fsp3) is 0.818. The third kappa shape index (κ3) is 3.80. The van der Waals surface area contributed by atoms with Crippen LogP contribution in [0.25, 0.3) is 0 Å². The summed E-state index contributed by atoms with van der Waals surface area (Å²) >= 11 is 0. The second-order valence-corrected chi connectivity index (χ2v) is 5.18. The molecule has 17 heavy (non-hydrogen) atoms. The average molecular weight is 244 g/mol. The van der Waals surface area contributed by atoms with Crippen molar-refractivity contribution in [3.8, 4) is 0 Å². The van der Waals surface area contributed by atoms with E-state index in [-0.39, 0.29) is 18.7 Å². The van der Waals surface area contributed by atoms with Gasteiger partial charge >= 0.3 is 12.2 Å². The standard InChI is InChI=1S/C11H20N2O4/c1-7(8-6-16-9(14)12-8)13(5)10(15)17-11(2,3)4/h7-8H,6H2,1-5H3,(H,12,14). The molecular formula is C11H20N2O4. The van der Waals surface area contributed by atoms with Crippen LogP contribution in [-0.2, 0) is 9.47 Å². The van der Waals surface area contributed by atoms with Crippen molar-refractivity contribution in [3.63, 3.8) is 0 Å². The molecule has 0 bridgehead atoms. The van der Waals surface area contributed by atoms with Crippen LogP contribution >= 0.6 is 0 Å². The smallest absolute Gasteiger partial charge is 0.410 e. The Balaban J connectivity index is 2.54. The summed E-state index contributed by atoms with van der Waals surface area (Å²) in [5.74, 6) is 0. The minimum absolute atomic E-state index is 0.184. The van der Waals surface area contributed by atoms with Crippen LogP contribution in [0.15, 0.2) is 0 Å². The molecule has 1 aliphatic heterocycles. The van der Waals surface area contributed by atoms with E-state index in [1.807, 2.05) is 27.7 Å². The van der Waals surface area contributed by atoms with E-state index in [4.69, 9.17) is 9.47 Å². The van der Waals surface area contributed by atoms with Crippen molar-refractivity contribution in [1.29, 1.82) is 0 Å². The molecule has 1 rings (SSSR count). The zero-order valence-corrected chi connectivity index (χ0v) is 10.9. The first-order valence-corrected chi connectivity index (χ1v) is 5.60. The zero-order valence-electron chi connectivity index (χ0n) is 10.9. The van der Waals surface area contributed by atoms with Gasteiger partial charge in [0.15, 0.2) is 0 Å². The van der Waals surface area contributed by atoms with Crippen LogP contribution in [-0.4, -0.2) is 48.4 Å². The molecule has 1 fully saturated rings. The maximum Gasteiger partial charge on any atom is 0.410 e. The molecule has 0 radical (unpaired) electrons. The van der Waals surface area contributed by atoms with E-state index in [0.29, 0.717) is 0 Å². The van der Waals surface area contributed by atoms with Crippen molar-refractivity contribution in [3.05, 3.63) is 0 Å². The molecule has 6 nitrogen and oxygen atoms in total. The molecule has 1 heterocycles. The Morgan fingerprint density at radius 2 is 2.18 bits per heavy atom. The zero-order chi connectivity index (χ0) is 13.2. The second-order valence-electron chi connectivity index (χ2n) is 5.18. The average Bonchev–Trinajstić information content (AvgIpc) is 2.60. The highest BCUT2D eigenvalue weighted by molar-refractivity contribution is 5.71. The number of ether oxygens (including phenoxy) is 2. The normalized spacial score (nSPS) is 21.5. The van der Waals surface area contributed by atoms with Gasteiger partial charge in [0.25, 0.3) is 0 Å². The monoisotopic (exact) mass is 244 g/mol. The first-order valence-electron chi connectivity index (χ1n) is 5.60. The Morgan fingerprint density at radius 1 is 1.59 bits per heavy atom. The quantitative estimate of drug-likeness (QED) is 0.796. The number of rotatable bonds is 2. The summed E-state index contributed by atoms with van der Waals surface area (Å²) in [6, 6.07) is -0.378. The Bertz CT molecular complexity index is 311. The van der Waals surface area contributed by atoms with E-state index >= 15 is 0 Å². The van der Waals surface area contributed by atoms with E-state index in [1.54, 1.807) is 7.05 Å². The third-order valence-corrected chi connectivity index (χ3v) is 2.57. The predicted octanol–water partition coefficient (Wildman–Crippen LogP) is 1.35. The Hall–Kier alpha value is -1.46. The van der Waals surface area contributed by atoms with Gasteiger partial charge in [-0.05, 0) is 27.7 Å². The number of nitrogens with one attached hydrogen (secondary N) is 1. The summed E-state index contributed by atoms with van der Waals surface area (Å²) in [6.07, 6.45) is -0.856. The van der Waals surface area contributed by atoms with Crippen molar-refractivity contribution in [2.45, 2.75) is 45.4 Å². The molecule has 1 saturated heterocycles. The van der Waals surface area contributed by atoms with Crippen LogP contribution in [0.2, 0.25) is 0 Å². The van der Waals surface area contributed by atoms with E-state index in [2.05, 4.69) is 5.32 Å². The molecule has 2 atom stereocenters. The first-order chi connectivity index (χ1) is 7.70. The van der Waals surface area contributed by atoms with Crippen LogP contribution in [0.5, 0.6) is 0 Å². The molecule has 0 spiro atoms. The molecule has 0 aromatic heterocycles. The predicted molar refractivity (Wildman–Crippen MR) is 61.7 cm³/mol. The van der Waals surface area contributed by atoms with Crippen molar-refractivity contribution in [1.82, 2.24) is 10.2 Å².